The zero-order valence-corrected chi connectivity index (χ0v) is 21.3. The number of ether oxygens (including phenoxy) is 2. The molecule has 1 saturated heterocycles. The van der Waals surface area contributed by atoms with E-state index >= 15 is 0 Å². The lowest BCUT2D eigenvalue weighted by Crippen LogP contribution is -2.32. The van der Waals surface area contributed by atoms with Crippen LogP contribution in [0, 0.1) is 13.8 Å². The van der Waals surface area contributed by atoms with E-state index in [1.165, 1.54) is 16.7 Å². The van der Waals surface area contributed by atoms with Crippen molar-refractivity contribution in [2.75, 3.05) is 27.3 Å². The lowest BCUT2D eigenvalue weighted by molar-refractivity contribution is 0.0950. The second kappa shape index (κ2) is 11.4. The largest absolute Gasteiger partial charge is 0.493 e. The van der Waals surface area contributed by atoms with Crippen LogP contribution in [0.15, 0.2) is 60.7 Å². The number of rotatable bonds is 8. The molecule has 5 heteroatoms. The normalized spacial score (nSPS) is 14.5. The van der Waals surface area contributed by atoms with Crippen LogP contribution in [0.2, 0.25) is 0 Å². The molecule has 0 spiro atoms. The van der Waals surface area contributed by atoms with Crippen molar-refractivity contribution < 1.29 is 14.3 Å². The number of benzene rings is 3. The number of hydrogen-bond acceptors (Lipinski definition) is 4. The molecule has 0 atom stereocenters. The number of nitrogens with zero attached hydrogens (tertiary/aromatic N) is 1. The average molecular weight is 473 g/mol. The van der Waals surface area contributed by atoms with Crippen LogP contribution in [-0.4, -0.2) is 38.1 Å². The van der Waals surface area contributed by atoms with E-state index in [4.69, 9.17) is 9.47 Å². The van der Waals surface area contributed by atoms with Gasteiger partial charge >= 0.3 is 0 Å². The average Bonchev–Trinajstić information content (AvgIpc) is 2.88. The maximum Gasteiger partial charge on any atom is 0.251 e. The van der Waals surface area contributed by atoms with Gasteiger partial charge in [0.15, 0.2) is 11.5 Å². The minimum absolute atomic E-state index is 0.0200. The number of hydrogen-bond donors (Lipinski definition) is 1. The molecule has 0 saturated carbocycles. The number of methoxy groups -OCH3 is 2. The summed E-state index contributed by atoms with van der Waals surface area (Å²) in [5, 5.41) is 3.06. The summed E-state index contributed by atoms with van der Waals surface area (Å²) in [6.45, 7) is 7.64. The quantitative estimate of drug-likeness (QED) is 0.462. The Bertz CT molecular complexity index is 1150. The molecule has 1 fully saturated rings. The van der Waals surface area contributed by atoms with Gasteiger partial charge in [-0.25, -0.2) is 0 Å². The van der Waals surface area contributed by atoms with Gasteiger partial charge in [0.2, 0.25) is 0 Å². The topological polar surface area (TPSA) is 50.8 Å². The van der Waals surface area contributed by atoms with Gasteiger partial charge in [-0.1, -0.05) is 48.0 Å². The van der Waals surface area contributed by atoms with Crippen molar-refractivity contribution in [3.05, 3.63) is 94.0 Å². The number of piperidine rings is 1. The fourth-order valence-electron chi connectivity index (χ4n) is 4.92. The molecule has 0 radical (unpaired) electrons. The van der Waals surface area contributed by atoms with Gasteiger partial charge in [-0.15, -0.1) is 0 Å². The highest BCUT2D eigenvalue weighted by Gasteiger charge is 2.21. The Kier molecular flexibility index (Phi) is 8.09. The fourth-order valence-corrected chi connectivity index (χ4v) is 4.92. The Morgan fingerprint density at radius 1 is 0.886 bits per heavy atom. The molecule has 35 heavy (non-hydrogen) atoms. The minimum atomic E-state index is -0.0200. The van der Waals surface area contributed by atoms with Crippen LogP contribution >= 0.6 is 0 Å². The number of likely N-dealkylation sites (tertiary alicyclic amines) is 1. The van der Waals surface area contributed by atoms with Crippen molar-refractivity contribution in [3.63, 3.8) is 0 Å². The van der Waals surface area contributed by atoms with E-state index in [2.05, 4.69) is 46.6 Å². The van der Waals surface area contributed by atoms with Crippen molar-refractivity contribution >= 4 is 5.91 Å². The molecule has 5 nitrogen and oxygen atoms in total. The number of nitrogens with one attached hydrogen (secondary N) is 1. The molecule has 0 aromatic heterocycles. The first kappa shape index (κ1) is 24.8. The first-order valence-electron chi connectivity index (χ1n) is 12.3. The summed E-state index contributed by atoms with van der Waals surface area (Å²) in [7, 11) is 3.34. The number of carbonyl (C=O) groups excluding carboxylic acids is 1. The summed E-state index contributed by atoms with van der Waals surface area (Å²) in [6, 6.07) is 20.8. The van der Waals surface area contributed by atoms with Crippen LogP contribution in [0.25, 0.3) is 0 Å². The molecule has 1 aliphatic heterocycles. The van der Waals surface area contributed by atoms with Gasteiger partial charge in [0.25, 0.3) is 5.91 Å². The number of carbonyl (C=O) groups is 1. The van der Waals surface area contributed by atoms with Crippen molar-refractivity contribution in [1.29, 1.82) is 0 Å². The first-order chi connectivity index (χ1) is 17.0. The van der Waals surface area contributed by atoms with Crippen molar-refractivity contribution in [2.24, 2.45) is 0 Å². The predicted octanol–water partition coefficient (Wildman–Crippen LogP) is 5.63. The molecule has 0 aliphatic carbocycles. The van der Waals surface area contributed by atoms with Crippen LogP contribution in [0.5, 0.6) is 11.5 Å². The summed E-state index contributed by atoms with van der Waals surface area (Å²) in [5.74, 6) is 2.11. The molecule has 3 aromatic rings. The van der Waals surface area contributed by atoms with Crippen LogP contribution in [-0.2, 0) is 13.1 Å². The third-order valence-corrected chi connectivity index (χ3v) is 6.97. The van der Waals surface area contributed by atoms with E-state index in [9.17, 15) is 4.79 Å². The smallest absolute Gasteiger partial charge is 0.251 e. The Labute approximate surface area is 209 Å². The summed E-state index contributed by atoms with van der Waals surface area (Å²) in [5.41, 5.74) is 6.68. The first-order valence-corrected chi connectivity index (χ1v) is 12.3. The Morgan fingerprint density at radius 2 is 1.57 bits per heavy atom. The molecule has 3 aromatic carbocycles. The molecule has 1 aliphatic rings. The Hall–Kier alpha value is -3.31. The molecule has 1 amide bonds. The van der Waals surface area contributed by atoms with Crippen LogP contribution in [0.4, 0.5) is 0 Å². The highest BCUT2D eigenvalue weighted by atomic mass is 16.5. The molecule has 1 heterocycles. The lowest BCUT2D eigenvalue weighted by atomic mass is 9.89. The summed E-state index contributed by atoms with van der Waals surface area (Å²) in [6.07, 6.45) is 2.30. The van der Waals surface area contributed by atoms with E-state index in [-0.39, 0.29) is 5.91 Å². The van der Waals surface area contributed by atoms with Crippen molar-refractivity contribution in [3.8, 4) is 11.5 Å². The van der Waals surface area contributed by atoms with Crippen molar-refractivity contribution in [1.82, 2.24) is 10.2 Å². The van der Waals surface area contributed by atoms with Crippen LogP contribution in [0.3, 0.4) is 0 Å². The van der Waals surface area contributed by atoms with Gasteiger partial charge in [0.1, 0.15) is 0 Å². The van der Waals surface area contributed by atoms with E-state index in [1.807, 2.05) is 38.1 Å². The van der Waals surface area contributed by atoms with Crippen LogP contribution < -0.4 is 14.8 Å². The van der Waals surface area contributed by atoms with Gasteiger partial charge in [-0.3, -0.25) is 9.69 Å². The van der Waals surface area contributed by atoms with Gasteiger partial charge in [0.05, 0.1) is 14.2 Å². The highest BCUT2D eigenvalue weighted by molar-refractivity contribution is 5.95. The minimum Gasteiger partial charge on any atom is -0.493 e. The van der Waals surface area contributed by atoms with Gasteiger partial charge in [-0.2, -0.15) is 0 Å². The van der Waals surface area contributed by atoms with E-state index < -0.39 is 0 Å². The second-order valence-electron chi connectivity index (χ2n) is 9.48. The summed E-state index contributed by atoms with van der Waals surface area (Å²) < 4.78 is 10.8. The molecular formula is C30H36N2O3. The lowest BCUT2D eigenvalue weighted by Gasteiger charge is -2.32. The molecule has 184 valence electrons. The monoisotopic (exact) mass is 472 g/mol. The predicted molar refractivity (Wildman–Crippen MR) is 140 cm³/mol. The van der Waals surface area contributed by atoms with E-state index in [1.54, 1.807) is 14.2 Å². The molecule has 0 bridgehead atoms. The zero-order valence-electron chi connectivity index (χ0n) is 21.3. The van der Waals surface area contributed by atoms with Crippen molar-refractivity contribution in [2.45, 2.75) is 45.7 Å². The van der Waals surface area contributed by atoms with E-state index in [0.717, 1.165) is 60.7 Å². The number of aryl methyl sites for hydroxylation is 2. The third-order valence-electron chi connectivity index (χ3n) is 6.97. The van der Waals surface area contributed by atoms with Gasteiger partial charge < -0.3 is 14.8 Å². The standard InChI is InChI=1S/C30H36N2O3/c1-21-5-11-27(22(2)17-21)30(33)31-19-23-6-9-25(10-7-23)26-13-15-32(16-14-26)20-24-8-12-28(34-3)29(18-24)35-4/h5-12,17-18,26H,13-16,19-20H2,1-4H3,(H,31,33). The van der Waals surface area contributed by atoms with Gasteiger partial charge in [0, 0.05) is 18.7 Å². The van der Waals surface area contributed by atoms with E-state index in [0.29, 0.717) is 12.5 Å². The summed E-state index contributed by atoms with van der Waals surface area (Å²) >= 11 is 0. The maximum atomic E-state index is 12.6. The SMILES string of the molecule is COc1ccc(CN2CCC(c3ccc(CNC(=O)c4ccc(C)cc4C)cc3)CC2)cc1OC. The highest BCUT2D eigenvalue weighted by Crippen LogP contribution is 2.31. The molecular weight excluding hydrogens is 436 g/mol. The molecule has 4 rings (SSSR count). The maximum absolute atomic E-state index is 12.6. The second-order valence-corrected chi connectivity index (χ2v) is 9.48. The zero-order chi connectivity index (χ0) is 24.8. The Morgan fingerprint density at radius 3 is 2.23 bits per heavy atom. The Balaban J connectivity index is 1.27. The third kappa shape index (κ3) is 6.23. The number of amides is 1. The summed E-state index contributed by atoms with van der Waals surface area (Å²) in [4.78, 5) is 15.1. The molecule has 1 N–H and O–H groups in total. The molecule has 0 unspecified atom stereocenters. The van der Waals surface area contributed by atoms with Crippen LogP contribution in [0.1, 0.15) is 56.9 Å². The van der Waals surface area contributed by atoms with Gasteiger partial charge in [-0.05, 0) is 86.1 Å². The fraction of sp³-hybridized carbons (Fsp3) is 0.367.